The molecule has 2 amide bonds. The lowest BCUT2D eigenvalue weighted by molar-refractivity contribution is -0.141. The van der Waals surface area contributed by atoms with Crippen molar-refractivity contribution in [2.75, 3.05) is 85.8 Å². The highest BCUT2D eigenvalue weighted by Gasteiger charge is 2.44. The van der Waals surface area contributed by atoms with Gasteiger partial charge in [0.1, 0.15) is 5.78 Å². The molecule has 216 valence electrons. The fraction of sp³-hybridized carbons (Fsp3) is 0.889. The van der Waals surface area contributed by atoms with Crippen LogP contribution in [0, 0.1) is 16.7 Å². The molecule has 1 fully saturated rings. The summed E-state index contributed by atoms with van der Waals surface area (Å²) in [5.74, 6) is -0.278. The number of ether oxygens (including phenoxy) is 6. The minimum absolute atomic E-state index is 0.0993. The fourth-order valence-corrected chi connectivity index (χ4v) is 3.49. The molecule has 0 N–H and O–H groups in total. The van der Waals surface area contributed by atoms with Crippen LogP contribution in [0.15, 0.2) is 0 Å². The van der Waals surface area contributed by atoms with Crippen molar-refractivity contribution in [3.8, 4) is 0 Å². The van der Waals surface area contributed by atoms with E-state index in [0.29, 0.717) is 85.7 Å². The van der Waals surface area contributed by atoms with Gasteiger partial charge < -0.3 is 28.4 Å². The average molecular weight is 532 g/mol. The lowest BCUT2D eigenvalue weighted by Gasteiger charge is -2.24. The summed E-state index contributed by atoms with van der Waals surface area (Å²) in [4.78, 5) is 37.6. The van der Waals surface area contributed by atoms with Gasteiger partial charge in [0, 0.05) is 18.3 Å². The van der Waals surface area contributed by atoms with E-state index >= 15 is 0 Å². The lowest BCUT2D eigenvalue weighted by atomic mass is 9.80. The van der Waals surface area contributed by atoms with Crippen molar-refractivity contribution in [3.63, 3.8) is 0 Å². The second-order valence-corrected chi connectivity index (χ2v) is 11.1. The molecular weight excluding hydrogens is 482 g/mol. The van der Waals surface area contributed by atoms with E-state index in [2.05, 4.69) is 0 Å². The van der Waals surface area contributed by atoms with Gasteiger partial charge >= 0.3 is 0 Å². The van der Waals surface area contributed by atoms with Gasteiger partial charge in [0.25, 0.3) is 0 Å². The van der Waals surface area contributed by atoms with Crippen LogP contribution in [-0.2, 0) is 42.8 Å². The molecule has 1 heterocycles. The zero-order valence-electron chi connectivity index (χ0n) is 23.8. The van der Waals surface area contributed by atoms with E-state index < -0.39 is 0 Å². The highest BCUT2D eigenvalue weighted by Crippen LogP contribution is 2.35. The number of likely N-dealkylation sites (tertiary alicyclic amines) is 1. The molecule has 1 atom stereocenters. The van der Waals surface area contributed by atoms with Crippen LogP contribution in [0.1, 0.15) is 54.4 Å². The average Bonchev–Trinajstić information content (AvgIpc) is 3.10. The molecule has 0 aromatic carbocycles. The molecule has 0 saturated carbocycles. The third-order valence-electron chi connectivity index (χ3n) is 5.92. The summed E-state index contributed by atoms with van der Waals surface area (Å²) in [5.41, 5.74) is -0.535. The number of carbonyl (C=O) groups excluding carboxylic acids is 3. The van der Waals surface area contributed by atoms with Gasteiger partial charge in [0.2, 0.25) is 11.8 Å². The Bertz CT molecular complexity index is 670. The van der Waals surface area contributed by atoms with Crippen LogP contribution >= 0.6 is 0 Å². The standard InChI is InChI=1S/C27H49NO9/c1-26(2,3)22-21-24(30)28(25(22)31)8-10-33-12-14-35-16-18-37-20-19-36-17-15-34-13-11-32-9-7-23(29)27(4,5)6/h22H,7-21H2,1-6H3. The number of rotatable bonds is 21. The maximum absolute atomic E-state index is 12.4. The number of imide groups is 1. The van der Waals surface area contributed by atoms with Gasteiger partial charge in [-0.2, -0.15) is 0 Å². The van der Waals surface area contributed by atoms with E-state index in [4.69, 9.17) is 28.4 Å². The highest BCUT2D eigenvalue weighted by molar-refractivity contribution is 6.03. The minimum Gasteiger partial charge on any atom is -0.379 e. The Morgan fingerprint density at radius 3 is 1.41 bits per heavy atom. The van der Waals surface area contributed by atoms with Crippen LogP contribution in [0.25, 0.3) is 0 Å². The maximum atomic E-state index is 12.4. The smallest absolute Gasteiger partial charge is 0.233 e. The molecule has 1 rings (SSSR count). The summed E-state index contributed by atoms with van der Waals surface area (Å²) in [6.45, 7) is 17.2. The molecule has 10 nitrogen and oxygen atoms in total. The van der Waals surface area contributed by atoms with Gasteiger partial charge in [0.05, 0.1) is 91.7 Å². The molecule has 1 aliphatic heterocycles. The van der Waals surface area contributed by atoms with Crippen molar-refractivity contribution in [1.29, 1.82) is 0 Å². The zero-order chi connectivity index (χ0) is 27.7. The largest absolute Gasteiger partial charge is 0.379 e. The molecule has 1 saturated heterocycles. The first-order chi connectivity index (χ1) is 17.4. The SMILES string of the molecule is CC(C)(C)C(=O)CCOCCOCCOCCOCCOCCOCCN1C(=O)CC(C(C)(C)C)C1=O. The molecule has 1 unspecified atom stereocenters. The van der Waals surface area contributed by atoms with E-state index in [9.17, 15) is 14.4 Å². The van der Waals surface area contributed by atoms with Gasteiger partial charge in [-0.05, 0) is 5.41 Å². The predicted molar refractivity (Wildman–Crippen MR) is 138 cm³/mol. The van der Waals surface area contributed by atoms with Gasteiger partial charge in [-0.1, -0.05) is 41.5 Å². The Kier molecular flexibility index (Phi) is 16.3. The van der Waals surface area contributed by atoms with Gasteiger partial charge in [-0.25, -0.2) is 0 Å². The van der Waals surface area contributed by atoms with Crippen LogP contribution in [-0.4, -0.2) is 108 Å². The molecule has 0 aliphatic carbocycles. The third kappa shape index (κ3) is 14.9. The molecule has 0 radical (unpaired) electrons. The molecule has 37 heavy (non-hydrogen) atoms. The lowest BCUT2D eigenvalue weighted by Crippen LogP contribution is -2.36. The second-order valence-electron chi connectivity index (χ2n) is 11.1. The maximum Gasteiger partial charge on any atom is 0.233 e. The van der Waals surface area contributed by atoms with Crippen LogP contribution in [0.5, 0.6) is 0 Å². The molecule has 0 spiro atoms. The van der Waals surface area contributed by atoms with E-state index in [1.54, 1.807) is 0 Å². The number of Topliss-reactive ketones (excluding diaryl/α,β-unsaturated/α-hetero) is 1. The summed E-state index contributed by atoms with van der Waals surface area (Å²) in [7, 11) is 0. The number of carbonyl (C=O) groups is 3. The predicted octanol–water partition coefficient (Wildman–Crippen LogP) is 2.51. The minimum atomic E-state index is -0.318. The molecule has 0 aromatic heterocycles. The van der Waals surface area contributed by atoms with Crippen LogP contribution in [0.4, 0.5) is 0 Å². The number of hydrogen-bond acceptors (Lipinski definition) is 9. The molecule has 0 aromatic rings. The van der Waals surface area contributed by atoms with Crippen molar-refractivity contribution in [3.05, 3.63) is 0 Å². The molecular formula is C27H49NO9. The summed E-state index contributed by atoms with van der Waals surface area (Å²) in [6, 6.07) is 0. The van der Waals surface area contributed by atoms with Gasteiger partial charge in [0.15, 0.2) is 0 Å². The molecule has 10 heteroatoms. The molecule has 0 bridgehead atoms. The molecule has 1 aliphatic rings. The van der Waals surface area contributed by atoms with E-state index in [0.717, 1.165) is 0 Å². The number of ketones is 1. The summed E-state index contributed by atoms with van der Waals surface area (Å²) in [5, 5.41) is 0. The quantitative estimate of drug-likeness (QED) is 0.163. The number of hydrogen-bond donors (Lipinski definition) is 0. The first-order valence-electron chi connectivity index (χ1n) is 13.3. The van der Waals surface area contributed by atoms with Gasteiger partial charge in [-0.15, -0.1) is 0 Å². The highest BCUT2D eigenvalue weighted by atomic mass is 16.6. The second kappa shape index (κ2) is 18.0. The van der Waals surface area contributed by atoms with E-state index in [1.807, 2.05) is 41.5 Å². The normalized spacial score (nSPS) is 16.7. The van der Waals surface area contributed by atoms with Crippen molar-refractivity contribution < 1.29 is 42.8 Å². The van der Waals surface area contributed by atoms with Gasteiger partial charge in [-0.3, -0.25) is 19.3 Å². The topological polar surface area (TPSA) is 110 Å². The van der Waals surface area contributed by atoms with Crippen LogP contribution in [0.3, 0.4) is 0 Å². The first-order valence-corrected chi connectivity index (χ1v) is 13.3. The Morgan fingerprint density at radius 1 is 0.676 bits per heavy atom. The van der Waals surface area contributed by atoms with Crippen molar-refractivity contribution in [2.24, 2.45) is 16.7 Å². The van der Waals surface area contributed by atoms with Crippen LogP contribution < -0.4 is 0 Å². The van der Waals surface area contributed by atoms with Crippen molar-refractivity contribution in [2.45, 2.75) is 54.4 Å². The van der Waals surface area contributed by atoms with E-state index in [1.165, 1.54) is 4.90 Å². The Labute approximate surface area is 222 Å². The summed E-state index contributed by atoms with van der Waals surface area (Å²) < 4.78 is 32.6. The summed E-state index contributed by atoms with van der Waals surface area (Å²) in [6.07, 6.45) is 0.706. The number of amides is 2. The first kappa shape index (κ1) is 33.6. The number of nitrogens with zero attached hydrogens (tertiary/aromatic N) is 1. The zero-order valence-corrected chi connectivity index (χ0v) is 23.8. The summed E-state index contributed by atoms with van der Waals surface area (Å²) >= 11 is 0. The third-order valence-corrected chi connectivity index (χ3v) is 5.92. The van der Waals surface area contributed by atoms with Crippen LogP contribution in [0.2, 0.25) is 0 Å². The van der Waals surface area contributed by atoms with Crippen molar-refractivity contribution >= 4 is 17.6 Å². The fourth-order valence-electron chi connectivity index (χ4n) is 3.49. The van der Waals surface area contributed by atoms with E-state index in [-0.39, 0.29) is 47.3 Å². The Hall–Kier alpha value is -1.43. The Morgan fingerprint density at radius 2 is 1.05 bits per heavy atom. The monoisotopic (exact) mass is 531 g/mol. The van der Waals surface area contributed by atoms with Crippen molar-refractivity contribution in [1.82, 2.24) is 4.90 Å². The Balaban J connectivity index is 1.81.